The molecule has 0 spiro atoms. The van der Waals surface area contributed by atoms with Crippen molar-refractivity contribution < 1.29 is 9.72 Å². The summed E-state index contributed by atoms with van der Waals surface area (Å²) in [4.78, 5) is 27.0. The molecule has 0 aromatic heterocycles. The minimum absolute atomic E-state index is 0.0163. The first-order valence-corrected chi connectivity index (χ1v) is 7.93. The van der Waals surface area contributed by atoms with Crippen molar-refractivity contribution in [2.45, 2.75) is 31.7 Å². The lowest BCUT2D eigenvalue weighted by Gasteiger charge is -2.38. The van der Waals surface area contributed by atoms with Crippen LogP contribution in [-0.4, -0.2) is 52.9 Å². The van der Waals surface area contributed by atoms with Gasteiger partial charge in [0.2, 0.25) is 0 Å². The SMILES string of the molecule is O=C(c1ccc([N+](=O)[O-])cc1)N1CCN(C2CCCC2)CC1. The van der Waals surface area contributed by atoms with Gasteiger partial charge in [-0.05, 0) is 25.0 Å². The number of hydrogen-bond donors (Lipinski definition) is 0. The Morgan fingerprint density at radius 2 is 1.64 bits per heavy atom. The van der Waals surface area contributed by atoms with Crippen LogP contribution in [0.1, 0.15) is 36.0 Å². The summed E-state index contributed by atoms with van der Waals surface area (Å²) in [5, 5.41) is 10.7. The molecule has 0 atom stereocenters. The minimum Gasteiger partial charge on any atom is -0.336 e. The standard InChI is InChI=1S/C16H21N3O3/c20-16(13-5-7-15(8-6-13)19(21)22)18-11-9-17(10-12-18)14-3-1-2-4-14/h5-8,14H,1-4,9-12H2. The minimum atomic E-state index is -0.450. The van der Waals surface area contributed by atoms with Gasteiger partial charge < -0.3 is 4.90 Å². The lowest BCUT2D eigenvalue weighted by molar-refractivity contribution is -0.384. The third-order valence-electron chi connectivity index (χ3n) is 4.77. The fourth-order valence-electron chi connectivity index (χ4n) is 3.47. The van der Waals surface area contributed by atoms with Crippen molar-refractivity contribution in [2.75, 3.05) is 26.2 Å². The average molecular weight is 303 g/mol. The van der Waals surface area contributed by atoms with Crippen molar-refractivity contribution in [3.8, 4) is 0 Å². The maximum atomic E-state index is 12.4. The van der Waals surface area contributed by atoms with Crippen molar-refractivity contribution in [3.63, 3.8) is 0 Å². The molecule has 1 aromatic carbocycles. The molecule has 1 heterocycles. The van der Waals surface area contributed by atoms with Gasteiger partial charge in [0.25, 0.3) is 11.6 Å². The van der Waals surface area contributed by atoms with E-state index in [2.05, 4.69) is 4.90 Å². The van der Waals surface area contributed by atoms with Gasteiger partial charge in [-0.2, -0.15) is 0 Å². The van der Waals surface area contributed by atoms with Crippen LogP contribution in [0.5, 0.6) is 0 Å². The van der Waals surface area contributed by atoms with Gasteiger partial charge in [0.05, 0.1) is 4.92 Å². The van der Waals surface area contributed by atoms with Crippen LogP contribution in [0.15, 0.2) is 24.3 Å². The summed E-state index contributed by atoms with van der Waals surface area (Å²) in [6, 6.07) is 6.58. The number of piperazine rings is 1. The molecule has 1 amide bonds. The molecule has 1 aliphatic carbocycles. The lowest BCUT2D eigenvalue weighted by atomic mass is 10.1. The molecule has 3 rings (SSSR count). The Hall–Kier alpha value is -1.95. The van der Waals surface area contributed by atoms with Crippen LogP contribution in [0.4, 0.5) is 5.69 Å². The maximum Gasteiger partial charge on any atom is 0.269 e. The summed E-state index contributed by atoms with van der Waals surface area (Å²) >= 11 is 0. The number of carbonyl (C=O) groups is 1. The maximum absolute atomic E-state index is 12.4. The molecule has 0 bridgehead atoms. The molecule has 6 heteroatoms. The number of nitrogens with zero attached hydrogens (tertiary/aromatic N) is 3. The van der Waals surface area contributed by atoms with Crippen molar-refractivity contribution in [1.82, 2.24) is 9.80 Å². The fraction of sp³-hybridized carbons (Fsp3) is 0.562. The molecule has 2 fully saturated rings. The lowest BCUT2D eigenvalue weighted by Crippen LogP contribution is -2.51. The highest BCUT2D eigenvalue weighted by molar-refractivity contribution is 5.94. The van der Waals surface area contributed by atoms with E-state index in [0.29, 0.717) is 11.6 Å². The normalized spacial score (nSPS) is 20.3. The van der Waals surface area contributed by atoms with E-state index in [9.17, 15) is 14.9 Å². The Labute approximate surface area is 129 Å². The quantitative estimate of drug-likeness (QED) is 0.635. The highest BCUT2D eigenvalue weighted by Gasteiger charge is 2.28. The summed E-state index contributed by atoms with van der Waals surface area (Å²) in [5.74, 6) is -0.0269. The Morgan fingerprint density at radius 1 is 1.05 bits per heavy atom. The molecule has 0 unspecified atom stereocenters. The predicted octanol–water partition coefficient (Wildman–Crippen LogP) is 2.30. The highest BCUT2D eigenvalue weighted by Crippen LogP contribution is 2.24. The van der Waals surface area contributed by atoms with E-state index in [0.717, 1.165) is 26.2 Å². The number of nitro benzene ring substituents is 1. The van der Waals surface area contributed by atoms with E-state index in [1.165, 1.54) is 37.8 Å². The molecule has 22 heavy (non-hydrogen) atoms. The molecule has 1 aliphatic heterocycles. The monoisotopic (exact) mass is 303 g/mol. The predicted molar refractivity (Wildman–Crippen MR) is 82.8 cm³/mol. The Bertz CT molecular complexity index is 544. The topological polar surface area (TPSA) is 66.7 Å². The first-order chi connectivity index (χ1) is 10.6. The largest absolute Gasteiger partial charge is 0.336 e. The second kappa shape index (κ2) is 6.44. The number of nitro groups is 1. The van der Waals surface area contributed by atoms with E-state index in [1.807, 2.05) is 4.90 Å². The van der Waals surface area contributed by atoms with Crippen LogP contribution in [0.2, 0.25) is 0 Å². The molecule has 0 radical (unpaired) electrons. The molecule has 2 aliphatic rings. The van der Waals surface area contributed by atoms with Gasteiger partial charge in [-0.1, -0.05) is 12.8 Å². The zero-order valence-electron chi connectivity index (χ0n) is 12.6. The van der Waals surface area contributed by atoms with Gasteiger partial charge in [-0.15, -0.1) is 0 Å². The fourth-order valence-corrected chi connectivity index (χ4v) is 3.47. The average Bonchev–Trinajstić information content (AvgIpc) is 3.09. The van der Waals surface area contributed by atoms with Gasteiger partial charge >= 0.3 is 0 Å². The van der Waals surface area contributed by atoms with Gasteiger partial charge in [0.15, 0.2) is 0 Å². The zero-order chi connectivity index (χ0) is 15.5. The van der Waals surface area contributed by atoms with Gasteiger partial charge in [0, 0.05) is 49.9 Å². The number of amides is 1. The summed E-state index contributed by atoms with van der Waals surface area (Å²) in [7, 11) is 0. The third kappa shape index (κ3) is 3.11. The first-order valence-electron chi connectivity index (χ1n) is 7.93. The number of non-ortho nitro benzene ring substituents is 1. The summed E-state index contributed by atoms with van der Waals surface area (Å²) in [6.07, 6.45) is 5.23. The van der Waals surface area contributed by atoms with E-state index in [-0.39, 0.29) is 11.6 Å². The Morgan fingerprint density at radius 3 is 2.18 bits per heavy atom. The molecule has 1 saturated heterocycles. The first kappa shape index (κ1) is 15.0. The van der Waals surface area contributed by atoms with Crippen molar-refractivity contribution in [1.29, 1.82) is 0 Å². The second-order valence-corrected chi connectivity index (χ2v) is 6.07. The second-order valence-electron chi connectivity index (χ2n) is 6.07. The summed E-state index contributed by atoms with van der Waals surface area (Å²) in [5.41, 5.74) is 0.544. The molecule has 6 nitrogen and oxygen atoms in total. The van der Waals surface area contributed by atoms with E-state index in [4.69, 9.17) is 0 Å². The van der Waals surface area contributed by atoms with Crippen molar-refractivity contribution in [3.05, 3.63) is 39.9 Å². The molecule has 1 saturated carbocycles. The van der Waals surface area contributed by atoms with Gasteiger partial charge in [-0.25, -0.2) is 0 Å². The summed E-state index contributed by atoms with van der Waals surface area (Å²) < 4.78 is 0. The van der Waals surface area contributed by atoms with Crippen LogP contribution in [-0.2, 0) is 0 Å². The number of benzene rings is 1. The van der Waals surface area contributed by atoms with E-state index >= 15 is 0 Å². The smallest absolute Gasteiger partial charge is 0.269 e. The molecule has 118 valence electrons. The van der Waals surface area contributed by atoms with Crippen LogP contribution in [0.3, 0.4) is 0 Å². The van der Waals surface area contributed by atoms with Crippen LogP contribution in [0, 0.1) is 10.1 Å². The number of hydrogen-bond acceptors (Lipinski definition) is 4. The van der Waals surface area contributed by atoms with Crippen molar-refractivity contribution >= 4 is 11.6 Å². The molecule has 0 N–H and O–H groups in total. The Balaban J connectivity index is 1.58. The van der Waals surface area contributed by atoms with Crippen LogP contribution >= 0.6 is 0 Å². The zero-order valence-corrected chi connectivity index (χ0v) is 12.6. The molecular weight excluding hydrogens is 282 g/mol. The van der Waals surface area contributed by atoms with Crippen molar-refractivity contribution in [2.24, 2.45) is 0 Å². The number of carbonyl (C=O) groups excluding carboxylic acids is 1. The van der Waals surface area contributed by atoms with Crippen LogP contribution in [0.25, 0.3) is 0 Å². The number of rotatable bonds is 3. The third-order valence-corrected chi connectivity index (χ3v) is 4.77. The summed E-state index contributed by atoms with van der Waals surface area (Å²) in [6.45, 7) is 3.35. The van der Waals surface area contributed by atoms with Gasteiger partial charge in [-0.3, -0.25) is 19.8 Å². The van der Waals surface area contributed by atoms with E-state index < -0.39 is 4.92 Å². The molecular formula is C16H21N3O3. The highest BCUT2D eigenvalue weighted by atomic mass is 16.6. The van der Waals surface area contributed by atoms with E-state index in [1.54, 1.807) is 12.1 Å². The Kier molecular flexibility index (Phi) is 4.38. The van der Waals surface area contributed by atoms with Crippen LogP contribution < -0.4 is 0 Å². The van der Waals surface area contributed by atoms with Gasteiger partial charge in [0.1, 0.15) is 0 Å². The molecule has 1 aromatic rings.